The molecule has 0 radical (unpaired) electrons. The van der Waals surface area contributed by atoms with Gasteiger partial charge in [0.1, 0.15) is 12.2 Å². The van der Waals surface area contributed by atoms with Gasteiger partial charge in [0.05, 0.1) is 12.8 Å². The van der Waals surface area contributed by atoms with Gasteiger partial charge in [-0.3, -0.25) is 4.57 Å². The average Bonchev–Trinajstić information content (AvgIpc) is 3.43. The van der Waals surface area contributed by atoms with Crippen LogP contribution >= 0.6 is 0 Å². The molecule has 1 aliphatic heterocycles. The molecule has 31 heavy (non-hydrogen) atoms. The van der Waals surface area contributed by atoms with Crippen LogP contribution in [0.4, 0.5) is 0 Å². The number of ether oxygens (including phenoxy) is 1. The van der Waals surface area contributed by atoms with Crippen molar-refractivity contribution in [3.63, 3.8) is 0 Å². The molecule has 0 saturated carbocycles. The fourth-order valence-electron chi connectivity index (χ4n) is 4.04. The third-order valence-electron chi connectivity index (χ3n) is 5.55. The lowest BCUT2D eigenvalue weighted by Gasteiger charge is -2.22. The van der Waals surface area contributed by atoms with Gasteiger partial charge in [0.2, 0.25) is 0 Å². The third kappa shape index (κ3) is 3.86. The lowest BCUT2D eigenvalue weighted by molar-refractivity contribution is 0.410. The molecule has 7 nitrogen and oxygen atoms in total. The zero-order chi connectivity index (χ0) is 21.2. The van der Waals surface area contributed by atoms with Crippen LogP contribution in [-0.4, -0.2) is 36.4 Å². The van der Waals surface area contributed by atoms with Gasteiger partial charge in [-0.05, 0) is 49.1 Å². The van der Waals surface area contributed by atoms with Crippen molar-refractivity contribution in [2.75, 3.05) is 7.11 Å². The number of hydrogen-bond acceptors (Lipinski definition) is 5. The average molecular weight is 412 g/mol. The summed E-state index contributed by atoms with van der Waals surface area (Å²) in [6.07, 6.45) is 11.6. The Labute approximate surface area is 181 Å². The predicted octanol–water partition coefficient (Wildman–Crippen LogP) is 4.27. The minimum Gasteiger partial charge on any atom is -0.493 e. The van der Waals surface area contributed by atoms with Crippen molar-refractivity contribution in [2.24, 2.45) is 0 Å². The van der Waals surface area contributed by atoms with Crippen LogP contribution in [0.2, 0.25) is 0 Å². The number of fused-ring (bicyclic) bond motifs is 1. The number of rotatable bonds is 5. The molecule has 1 atom stereocenters. The summed E-state index contributed by atoms with van der Waals surface area (Å²) < 4.78 is 9.45. The predicted molar refractivity (Wildman–Crippen MR) is 119 cm³/mol. The molecule has 4 aromatic rings. The van der Waals surface area contributed by atoms with Gasteiger partial charge in [-0.2, -0.15) is 5.10 Å². The Hall–Kier alpha value is -3.74. The van der Waals surface area contributed by atoms with Crippen molar-refractivity contribution in [1.82, 2.24) is 29.3 Å². The van der Waals surface area contributed by atoms with Crippen molar-refractivity contribution < 1.29 is 4.74 Å². The molecular weight excluding hydrogens is 388 g/mol. The monoisotopic (exact) mass is 412 g/mol. The van der Waals surface area contributed by atoms with Crippen LogP contribution in [0.1, 0.15) is 47.2 Å². The van der Waals surface area contributed by atoms with Gasteiger partial charge < -0.3 is 4.74 Å². The highest BCUT2D eigenvalue weighted by Crippen LogP contribution is 2.32. The Morgan fingerprint density at radius 1 is 1.13 bits per heavy atom. The van der Waals surface area contributed by atoms with Gasteiger partial charge >= 0.3 is 0 Å². The first-order chi connectivity index (χ1) is 15.2. The number of imidazole rings is 1. The zero-order valence-corrected chi connectivity index (χ0v) is 17.6. The second-order valence-electron chi connectivity index (χ2n) is 7.71. The van der Waals surface area contributed by atoms with E-state index >= 15 is 0 Å². The summed E-state index contributed by atoms with van der Waals surface area (Å²) in [4.78, 5) is 13.7. The Bertz CT molecular complexity index is 1220. The number of aryl methyl sites for hydroxylation is 2. The molecule has 1 unspecified atom stereocenters. The van der Waals surface area contributed by atoms with E-state index in [1.54, 1.807) is 13.4 Å². The molecular formula is C24H24N6O. The Kier molecular flexibility index (Phi) is 5.08. The summed E-state index contributed by atoms with van der Waals surface area (Å²) in [5.74, 6) is 3.44. The molecule has 0 N–H and O–H groups in total. The molecule has 0 fully saturated rings. The largest absolute Gasteiger partial charge is 0.493 e. The molecule has 3 aromatic heterocycles. The van der Waals surface area contributed by atoms with E-state index in [1.165, 1.54) is 5.56 Å². The first kappa shape index (κ1) is 19.2. The van der Waals surface area contributed by atoms with Crippen LogP contribution in [0.5, 0.6) is 5.75 Å². The van der Waals surface area contributed by atoms with Crippen LogP contribution in [-0.2, 0) is 6.54 Å². The van der Waals surface area contributed by atoms with Crippen molar-refractivity contribution in [3.05, 3.63) is 83.6 Å². The summed E-state index contributed by atoms with van der Waals surface area (Å²) in [7, 11) is 1.65. The van der Waals surface area contributed by atoms with Gasteiger partial charge in [0.15, 0.2) is 17.4 Å². The first-order valence-corrected chi connectivity index (χ1v) is 10.4. The molecule has 0 saturated heterocycles. The second kappa shape index (κ2) is 8.18. The van der Waals surface area contributed by atoms with Crippen LogP contribution in [0.15, 0.2) is 55.1 Å². The summed E-state index contributed by atoms with van der Waals surface area (Å²) >= 11 is 0. The highest BCUT2D eigenvalue weighted by molar-refractivity contribution is 5.67. The fourth-order valence-corrected chi connectivity index (χ4v) is 4.04. The van der Waals surface area contributed by atoms with Gasteiger partial charge in [-0.15, -0.1) is 0 Å². The van der Waals surface area contributed by atoms with E-state index in [0.717, 1.165) is 36.5 Å². The molecule has 1 aliphatic rings. The minimum absolute atomic E-state index is 0.296. The van der Waals surface area contributed by atoms with Crippen molar-refractivity contribution in [1.29, 1.82) is 0 Å². The summed E-state index contributed by atoms with van der Waals surface area (Å²) in [5, 5.41) is 4.71. The van der Waals surface area contributed by atoms with E-state index < -0.39 is 0 Å². The van der Waals surface area contributed by atoms with E-state index in [-0.39, 0.29) is 0 Å². The van der Waals surface area contributed by atoms with Crippen LogP contribution in [0.25, 0.3) is 18.0 Å². The minimum atomic E-state index is 0.296. The van der Waals surface area contributed by atoms with Gasteiger partial charge in [-0.1, -0.05) is 30.3 Å². The first-order valence-electron chi connectivity index (χ1n) is 10.4. The SMILES string of the molecule is COc1cc(/C=C/c2nc3n(n2)CCCC3c2ccccc2)cnc1-n1cnc(C)c1. The number of aromatic nitrogens is 6. The summed E-state index contributed by atoms with van der Waals surface area (Å²) in [6, 6.07) is 12.5. The molecule has 4 heterocycles. The third-order valence-corrected chi connectivity index (χ3v) is 5.55. The molecule has 156 valence electrons. The number of methoxy groups -OCH3 is 1. The molecule has 0 aliphatic carbocycles. The normalized spacial score (nSPS) is 15.9. The molecule has 5 rings (SSSR count). The fraction of sp³-hybridized carbons (Fsp3) is 0.250. The molecule has 0 bridgehead atoms. The van der Waals surface area contributed by atoms with Crippen LogP contribution < -0.4 is 4.74 Å². The maximum atomic E-state index is 5.55. The highest BCUT2D eigenvalue weighted by Gasteiger charge is 2.25. The lowest BCUT2D eigenvalue weighted by atomic mass is 9.91. The standard InChI is InChI=1S/C24H24N6O/c1-17-15-29(16-26-17)24-21(31-2)13-18(14-25-24)10-11-22-27-23-20(9-6-12-30(23)28-22)19-7-4-3-5-8-19/h3-5,7-8,10-11,13-16,20H,6,9,12H2,1-2H3/b11-10+. The van der Waals surface area contributed by atoms with E-state index in [0.29, 0.717) is 23.3 Å². The summed E-state index contributed by atoms with van der Waals surface area (Å²) in [6.45, 7) is 2.85. The topological polar surface area (TPSA) is 70.7 Å². The van der Waals surface area contributed by atoms with Crippen LogP contribution in [0, 0.1) is 6.92 Å². The summed E-state index contributed by atoms with van der Waals surface area (Å²) in [5.41, 5.74) is 3.15. The number of benzene rings is 1. The lowest BCUT2D eigenvalue weighted by Crippen LogP contribution is -2.17. The van der Waals surface area contributed by atoms with E-state index in [1.807, 2.05) is 52.9 Å². The second-order valence-corrected chi connectivity index (χ2v) is 7.71. The van der Waals surface area contributed by atoms with Crippen molar-refractivity contribution in [3.8, 4) is 11.6 Å². The Morgan fingerprint density at radius 2 is 2.00 bits per heavy atom. The Balaban J connectivity index is 1.41. The quantitative estimate of drug-likeness (QED) is 0.489. The number of pyridine rings is 1. The highest BCUT2D eigenvalue weighted by atomic mass is 16.5. The number of hydrogen-bond donors (Lipinski definition) is 0. The maximum Gasteiger partial charge on any atom is 0.180 e. The number of nitrogens with zero attached hydrogens (tertiary/aromatic N) is 6. The molecule has 1 aromatic carbocycles. The zero-order valence-electron chi connectivity index (χ0n) is 17.6. The van der Waals surface area contributed by atoms with E-state index in [9.17, 15) is 0 Å². The van der Waals surface area contributed by atoms with Crippen LogP contribution in [0.3, 0.4) is 0 Å². The van der Waals surface area contributed by atoms with Gasteiger partial charge in [-0.25, -0.2) is 19.6 Å². The molecule has 0 amide bonds. The van der Waals surface area contributed by atoms with Gasteiger partial charge in [0, 0.05) is 24.9 Å². The smallest absolute Gasteiger partial charge is 0.180 e. The Morgan fingerprint density at radius 3 is 2.77 bits per heavy atom. The molecule has 0 spiro atoms. The van der Waals surface area contributed by atoms with E-state index in [4.69, 9.17) is 14.8 Å². The van der Waals surface area contributed by atoms with E-state index in [2.05, 4.69) is 34.2 Å². The maximum absolute atomic E-state index is 5.55. The van der Waals surface area contributed by atoms with Crippen molar-refractivity contribution in [2.45, 2.75) is 32.2 Å². The van der Waals surface area contributed by atoms with Gasteiger partial charge in [0.25, 0.3) is 0 Å². The van der Waals surface area contributed by atoms with Crippen molar-refractivity contribution >= 4 is 12.2 Å². The molecule has 7 heteroatoms.